The van der Waals surface area contributed by atoms with E-state index in [1.54, 1.807) is 18.3 Å². The van der Waals surface area contributed by atoms with E-state index >= 15 is 0 Å². The molecule has 1 aromatic heterocycles. The third kappa shape index (κ3) is 6.01. The highest BCUT2D eigenvalue weighted by molar-refractivity contribution is 9.10. The molecule has 0 atom stereocenters. The Morgan fingerprint density at radius 2 is 2.10 bits per heavy atom. The minimum atomic E-state index is -3.64. The highest BCUT2D eigenvalue weighted by Gasteiger charge is 2.28. The fourth-order valence-electron chi connectivity index (χ4n) is 2.61. The summed E-state index contributed by atoms with van der Waals surface area (Å²) in [5.74, 6) is 0.106. The number of benzene rings is 1. The van der Waals surface area contributed by atoms with Gasteiger partial charge in [-0.25, -0.2) is 18.1 Å². The molecule has 2 N–H and O–H groups in total. The van der Waals surface area contributed by atoms with Crippen LogP contribution in [-0.4, -0.2) is 32.0 Å². The van der Waals surface area contributed by atoms with Crippen molar-refractivity contribution in [3.63, 3.8) is 0 Å². The van der Waals surface area contributed by atoms with Crippen molar-refractivity contribution >= 4 is 31.9 Å². The Hall–Kier alpha value is -1.97. The quantitative estimate of drug-likeness (QED) is 0.506. The molecule has 0 radical (unpaired) electrons. The highest BCUT2D eigenvalue weighted by atomic mass is 79.9. The third-order valence-electron chi connectivity index (χ3n) is 4.42. The van der Waals surface area contributed by atoms with Crippen molar-refractivity contribution in [2.45, 2.75) is 50.1 Å². The number of sulfonamides is 1. The molecule has 2 aromatic rings. The lowest BCUT2D eigenvalue weighted by molar-refractivity contribution is 0.0949. The number of unbranched alkanes of at least 4 members (excludes halogenated alkanes) is 1. The SMILES string of the molecule is CCCCOc1ncccc1CNC(=O)c1cc(S(=O)(=O)NC2CC2)ccc1Br. The summed E-state index contributed by atoms with van der Waals surface area (Å²) < 4.78 is 33.7. The van der Waals surface area contributed by atoms with Gasteiger partial charge in [-0.1, -0.05) is 19.4 Å². The van der Waals surface area contributed by atoms with Crippen LogP contribution in [0.2, 0.25) is 0 Å². The van der Waals surface area contributed by atoms with Gasteiger partial charge in [-0.3, -0.25) is 4.79 Å². The molecule has 7 nitrogen and oxygen atoms in total. The molecule has 0 unspecified atom stereocenters. The summed E-state index contributed by atoms with van der Waals surface area (Å²) in [5.41, 5.74) is 1.01. The summed E-state index contributed by atoms with van der Waals surface area (Å²) in [5, 5.41) is 2.81. The summed E-state index contributed by atoms with van der Waals surface area (Å²) in [6.07, 6.45) is 5.27. The Bertz CT molecular complexity index is 977. The summed E-state index contributed by atoms with van der Waals surface area (Å²) in [6, 6.07) is 8.04. The summed E-state index contributed by atoms with van der Waals surface area (Å²) in [4.78, 5) is 17.0. The van der Waals surface area contributed by atoms with E-state index in [2.05, 4.69) is 37.9 Å². The Labute approximate surface area is 179 Å². The number of rotatable bonds is 10. The number of aromatic nitrogens is 1. The average molecular weight is 482 g/mol. The van der Waals surface area contributed by atoms with Gasteiger partial charge in [-0.15, -0.1) is 0 Å². The maximum absolute atomic E-state index is 12.7. The van der Waals surface area contributed by atoms with Crippen LogP contribution in [0.15, 0.2) is 45.9 Å². The van der Waals surface area contributed by atoms with Crippen molar-refractivity contribution in [2.75, 3.05) is 6.61 Å². The molecule has 1 heterocycles. The molecule has 9 heteroatoms. The van der Waals surface area contributed by atoms with E-state index in [0.29, 0.717) is 17.0 Å². The van der Waals surface area contributed by atoms with Gasteiger partial charge in [0.05, 0.1) is 17.1 Å². The van der Waals surface area contributed by atoms with Gasteiger partial charge in [0.1, 0.15) is 0 Å². The van der Waals surface area contributed by atoms with Crippen LogP contribution in [0.4, 0.5) is 0 Å². The average Bonchev–Trinajstić information content (AvgIpc) is 3.50. The first kappa shape index (κ1) is 21.7. The molecule has 29 heavy (non-hydrogen) atoms. The van der Waals surface area contributed by atoms with Gasteiger partial charge in [0.15, 0.2) is 0 Å². The molecule has 0 saturated heterocycles. The topological polar surface area (TPSA) is 97.4 Å². The van der Waals surface area contributed by atoms with Crippen LogP contribution < -0.4 is 14.8 Å². The second kappa shape index (κ2) is 9.69. The number of ether oxygens (including phenoxy) is 1. The molecule has 156 valence electrons. The second-order valence-corrected chi connectivity index (χ2v) is 9.46. The van der Waals surface area contributed by atoms with E-state index in [4.69, 9.17) is 4.74 Å². The van der Waals surface area contributed by atoms with Crippen molar-refractivity contribution in [1.82, 2.24) is 15.0 Å². The van der Waals surface area contributed by atoms with Gasteiger partial charge in [0.2, 0.25) is 15.9 Å². The standard InChI is InChI=1S/C20H24BrN3O4S/c1-2-3-11-28-20-14(5-4-10-22-20)13-23-19(25)17-12-16(8-9-18(17)21)29(26,27)24-15-6-7-15/h4-5,8-10,12,15,24H,2-3,6-7,11,13H2,1H3,(H,23,25). The van der Waals surface area contributed by atoms with E-state index in [1.165, 1.54) is 12.1 Å². The zero-order valence-electron chi connectivity index (χ0n) is 16.2. The molecule has 1 aliphatic carbocycles. The van der Waals surface area contributed by atoms with Gasteiger partial charge >= 0.3 is 0 Å². The van der Waals surface area contributed by atoms with Crippen LogP contribution in [0.3, 0.4) is 0 Å². The largest absolute Gasteiger partial charge is 0.477 e. The molecular formula is C20H24BrN3O4S. The van der Waals surface area contributed by atoms with Gasteiger partial charge in [-0.2, -0.15) is 0 Å². The van der Waals surface area contributed by atoms with E-state index in [9.17, 15) is 13.2 Å². The number of carbonyl (C=O) groups is 1. The van der Waals surface area contributed by atoms with Gasteiger partial charge in [0, 0.05) is 28.8 Å². The molecule has 1 aliphatic rings. The van der Waals surface area contributed by atoms with E-state index < -0.39 is 10.0 Å². The van der Waals surface area contributed by atoms with Gasteiger partial charge < -0.3 is 10.1 Å². The molecule has 0 spiro atoms. The zero-order valence-corrected chi connectivity index (χ0v) is 18.6. The fraction of sp³-hybridized carbons (Fsp3) is 0.400. The van der Waals surface area contributed by atoms with Crippen LogP contribution in [0.25, 0.3) is 0 Å². The molecule has 1 saturated carbocycles. The monoisotopic (exact) mass is 481 g/mol. The van der Waals surface area contributed by atoms with Crippen LogP contribution in [-0.2, 0) is 16.6 Å². The summed E-state index contributed by atoms with van der Waals surface area (Å²) in [7, 11) is -3.64. The number of pyridine rings is 1. The molecule has 3 rings (SSSR count). The number of nitrogens with zero attached hydrogens (tertiary/aromatic N) is 1. The summed E-state index contributed by atoms with van der Waals surface area (Å²) in [6.45, 7) is 2.86. The Morgan fingerprint density at radius 1 is 1.31 bits per heavy atom. The molecule has 0 bridgehead atoms. The van der Waals surface area contributed by atoms with Crippen molar-refractivity contribution in [2.24, 2.45) is 0 Å². The van der Waals surface area contributed by atoms with E-state index in [1.807, 2.05) is 6.07 Å². The predicted molar refractivity (Wildman–Crippen MR) is 113 cm³/mol. The summed E-state index contributed by atoms with van der Waals surface area (Å²) >= 11 is 3.33. The van der Waals surface area contributed by atoms with Crippen molar-refractivity contribution in [3.05, 3.63) is 52.1 Å². The Morgan fingerprint density at radius 3 is 2.83 bits per heavy atom. The van der Waals surface area contributed by atoms with Crippen molar-refractivity contribution < 1.29 is 17.9 Å². The lowest BCUT2D eigenvalue weighted by atomic mass is 10.2. The van der Waals surface area contributed by atoms with Crippen LogP contribution in [0, 0.1) is 0 Å². The fourth-order valence-corrected chi connectivity index (χ4v) is 4.36. The normalized spacial score (nSPS) is 13.9. The smallest absolute Gasteiger partial charge is 0.252 e. The molecular weight excluding hydrogens is 458 g/mol. The first-order valence-electron chi connectivity index (χ1n) is 9.57. The number of halogens is 1. The maximum Gasteiger partial charge on any atom is 0.252 e. The molecule has 1 aromatic carbocycles. The predicted octanol–water partition coefficient (Wildman–Crippen LogP) is 3.39. The van der Waals surface area contributed by atoms with Crippen LogP contribution in [0.1, 0.15) is 48.5 Å². The van der Waals surface area contributed by atoms with E-state index in [-0.39, 0.29) is 29.0 Å². The Balaban J connectivity index is 1.70. The van der Waals surface area contributed by atoms with Crippen LogP contribution >= 0.6 is 15.9 Å². The first-order chi connectivity index (χ1) is 13.9. The minimum Gasteiger partial charge on any atom is -0.477 e. The molecule has 0 aliphatic heterocycles. The number of hydrogen-bond acceptors (Lipinski definition) is 5. The number of carbonyl (C=O) groups excluding carboxylic acids is 1. The van der Waals surface area contributed by atoms with E-state index in [0.717, 1.165) is 31.2 Å². The highest BCUT2D eigenvalue weighted by Crippen LogP contribution is 2.25. The zero-order chi connectivity index (χ0) is 20.9. The Kier molecular flexibility index (Phi) is 7.26. The number of nitrogens with one attached hydrogen (secondary N) is 2. The first-order valence-corrected chi connectivity index (χ1v) is 11.8. The lowest BCUT2D eigenvalue weighted by Crippen LogP contribution is -2.27. The lowest BCUT2D eigenvalue weighted by Gasteiger charge is -2.12. The minimum absolute atomic E-state index is 0.00219. The second-order valence-electron chi connectivity index (χ2n) is 6.89. The third-order valence-corrected chi connectivity index (χ3v) is 6.63. The van der Waals surface area contributed by atoms with Crippen molar-refractivity contribution in [3.8, 4) is 5.88 Å². The number of hydrogen-bond donors (Lipinski definition) is 2. The maximum atomic E-state index is 12.7. The van der Waals surface area contributed by atoms with Gasteiger partial charge in [0.25, 0.3) is 5.91 Å². The molecule has 1 fully saturated rings. The molecule has 1 amide bonds. The van der Waals surface area contributed by atoms with Gasteiger partial charge in [-0.05, 0) is 59.5 Å². The van der Waals surface area contributed by atoms with Crippen LogP contribution in [0.5, 0.6) is 5.88 Å². The van der Waals surface area contributed by atoms with Crippen molar-refractivity contribution in [1.29, 1.82) is 0 Å². The number of amides is 1.